The Balaban J connectivity index is 1.24. The number of hydrogen-bond acceptors (Lipinski definition) is 7. The number of ketones is 1. The molecule has 1 aliphatic carbocycles. The van der Waals surface area contributed by atoms with Crippen molar-refractivity contribution >= 4 is 29.4 Å². The Labute approximate surface area is 223 Å². The molecule has 1 heterocycles. The van der Waals surface area contributed by atoms with Crippen molar-refractivity contribution in [3.05, 3.63) is 65.7 Å². The van der Waals surface area contributed by atoms with Gasteiger partial charge < -0.3 is 15.8 Å². The zero-order valence-electron chi connectivity index (χ0n) is 21.4. The number of rotatable bonds is 10. The average molecular weight is 524 g/mol. The molecule has 2 aliphatic rings. The molecule has 0 spiro atoms. The van der Waals surface area contributed by atoms with Crippen LogP contribution in [0.5, 0.6) is 5.75 Å². The van der Waals surface area contributed by atoms with Crippen LogP contribution in [-0.4, -0.2) is 41.0 Å². The molecule has 0 aromatic heterocycles. The van der Waals surface area contributed by atoms with E-state index in [4.69, 9.17) is 10.5 Å². The molecular formula is C29H37N3O4S. The van der Waals surface area contributed by atoms with Gasteiger partial charge in [-0.05, 0) is 48.6 Å². The molecule has 4 unspecified atom stereocenters. The van der Waals surface area contributed by atoms with Crippen LogP contribution in [-0.2, 0) is 16.0 Å². The highest BCUT2D eigenvalue weighted by molar-refractivity contribution is 8.00. The third-order valence-electron chi connectivity index (χ3n) is 7.34. The third-order valence-corrected chi connectivity index (χ3v) is 8.36. The van der Waals surface area contributed by atoms with Gasteiger partial charge in [0.05, 0.1) is 11.7 Å². The molecule has 4 rings (SSSR count). The molecule has 198 valence electrons. The number of carbonyl (C=O) groups excluding carboxylic acids is 3. The van der Waals surface area contributed by atoms with Crippen molar-refractivity contribution in [1.29, 1.82) is 0 Å². The quantitative estimate of drug-likeness (QED) is 0.245. The first-order valence-corrected chi connectivity index (χ1v) is 14.3. The molecule has 4 N–H and O–H groups in total. The first-order chi connectivity index (χ1) is 17.9. The third kappa shape index (κ3) is 7.90. The summed E-state index contributed by atoms with van der Waals surface area (Å²) in [5.74, 6) is 0.637. The monoisotopic (exact) mass is 523 g/mol. The lowest BCUT2D eigenvalue weighted by Gasteiger charge is -2.38. The second kappa shape index (κ2) is 13.2. The number of ether oxygens (including phenoxy) is 1. The van der Waals surface area contributed by atoms with Crippen LogP contribution in [0.3, 0.4) is 0 Å². The molecule has 2 fully saturated rings. The lowest BCUT2D eigenvalue weighted by atomic mass is 9.81. The van der Waals surface area contributed by atoms with Gasteiger partial charge in [-0.15, -0.1) is 11.8 Å². The fourth-order valence-electron chi connectivity index (χ4n) is 5.06. The number of nitrogens with one attached hydrogen (secondary N) is 2. The molecule has 7 nitrogen and oxygen atoms in total. The van der Waals surface area contributed by atoms with E-state index in [-0.39, 0.29) is 34.9 Å². The molecule has 4 atom stereocenters. The van der Waals surface area contributed by atoms with Crippen LogP contribution in [0.1, 0.15) is 61.4 Å². The summed E-state index contributed by atoms with van der Waals surface area (Å²) in [7, 11) is 0. The minimum atomic E-state index is -0.775. The van der Waals surface area contributed by atoms with Crippen LogP contribution < -0.4 is 21.1 Å². The zero-order valence-corrected chi connectivity index (χ0v) is 22.2. The van der Waals surface area contributed by atoms with Crippen LogP contribution in [0.4, 0.5) is 0 Å². The van der Waals surface area contributed by atoms with Crippen molar-refractivity contribution in [2.45, 2.75) is 69.5 Å². The SMILES string of the molecule is CC1C(=O)NC(SCC(=O)c2ccc(OC(=O)C(N)Cc3ccccc3)cc2)NC1CC1CCCCC1. The number of Topliss-reactive ketones (excluding diaryl/α,β-unsaturated/α-hetero) is 1. The maximum Gasteiger partial charge on any atom is 0.328 e. The van der Waals surface area contributed by atoms with E-state index in [0.29, 0.717) is 23.7 Å². The predicted octanol–water partition coefficient (Wildman–Crippen LogP) is 4.06. The summed E-state index contributed by atoms with van der Waals surface area (Å²) in [6.07, 6.45) is 7.76. The first kappa shape index (κ1) is 27.4. The molecule has 0 bridgehead atoms. The van der Waals surface area contributed by atoms with Gasteiger partial charge in [0, 0.05) is 11.6 Å². The molecule has 8 heteroatoms. The lowest BCUT2D eigenvalue weighted by Crippen LogP contribution is -2.59. The van der Waals surface area contributed by atoms with Gasteiger partial charge in [0.25, 0.3) is 0 Å². The topological polar surface area (TPSA) is 111 Å². The largest absolute Gasteiger partial charge is 0.425 e. The molecule has 2 aromatic carbocycles. The van der Waals surface area contributed by atoms with Gasteiger partial charge in [-0.3, -0.25) is 14.9 Å². The van der Waals surface area contributed by atoms with Crippen molar-refractivity contribution in [3.8, 4) is 5.75 Å². The number of benzene rings is 2. The van der Waals surface area contributed by atoms with E-state index in [1.165, 1.54) is 43.9 Å². The van der Waals surface area contributed by atoms with Gasteiger partial charge in [-0.25, -0.2) is 4.79 Å². The number of esters is 1. The maximum absolute atomic E-state index is 12.8. The van der Waals surface area contributed by atoms with Gasteiger partial charge in [-0.2, -0.15) is 0 Å². The lowest BCUT2D eigenvalue weighted by molar-refractivity contribution is -0.135. The number of amides is 1. The number of thioether (sulfide) groups is 1. The minimum absolute atomic E-state index is 0.0427. The van der Waals surface area contributed by atoms with Crippen LogP contribution in [0, 0.1) is 11.8 Å². The van der Waals surface area contributed by atoms with Crippen molar-refractivity contribution in [2.75, 3.05) is 5.75 Å². The summed E-state index contributed by atoms with van der Waals surface area (Å²) in [5, 5.41) is 6.55. The van der Waals surface area contributed by atoms with Crippen molar-refractivity contribution in [2.24, 2.45) is 17.6 Å². The second-order valence-electron chi connectivity index (χ2n) is 10.2. The molecular weight excluding hydrogens is 486 g/mol. The Kier molecular flexibility index (Phi) is 9.77. The van der Waals surface area contributed by atoms with Crippen molar-refractivity contribution < 1.29 is 19.1 Å². The molecule has 1 amide bonds. The van der Waals surface area contributed by atoms with E-state index >= 15 is 0 Å². The van der Waals surface area contributed by atoms with E-state index in [1.54, 1.807) is 24.3 Å². The highest BCUT2D eigenvalue weighted by Crippen LogP contribution is 2.30. The summed E-state index contributed by atoms with van der Waals surface area (Å²) < 4.78 is 5.40. The summed E-state index contributed by atoms with van der Waals surface area (Å²) >= 11 is 1.40. The summed E-state index contributed by atoms with van der Waals surface area (Å²) in [5.41, 5.74) is 7.20. The maximum atomic E-state index is 12.8. The molecule has 1 saturated carbocycles. The Bertz CT molecular complexity index is 1060. The van der Waals surface area contributed by atoms with E-state index in [9.17, 15) is 14.4 Å². The predicted molar refractivity (Wildman–Crippen MR) is 146 cm³/mol. The first-order valence-electron chi connectivity index (χ1n) is 13.2. The summed E-state index contributed by atoms with van der Waals surface area (Å²) in [6.45, 7) is 1.98. The van der Waals surface area contributed by atoms with Crippen molar-refractivity contribution in [1.82, 2.24) is 10.6 Å². The van der Waals surface area contributed by atoms with Gasteiger partial charge in [0.2, 0.25) is 5.91 Å². The van der Waals surface area contributed by atoms with Crippen LogP contribution in [0.25, 0.3) is 0 Å². The van der Waals surface area contributed by atoms with Gasteiger partial charge >= 0.3 is 5.97 Å². The number of carbonyl (C=O) groups is 3. The van der Waals surface area contributed by atoms with Gasteiger partial charge in [0.15, 0.2) is 5.78 Å². The van der Waals surface area contributed by atoms with Gasteiger partial charge in [0.1, 0.15) is 17.3 Å². The Morgan fingerprint density at radius 1 is 1.05 bits per heavy atom. The van der Waals surface area contributed by atoms with E-state index in [2.05, 4.69) is 10.6 Å². The Morgan fingerprint density at radius 2 is 1.76 bits per heavy atom. The Morgan fingerprint density at radius 3 is 2.46 bits per heavy atom. The fraction of sp³-hybridized carbons (Fsp3) is 0.483. The standard InChI is InChI=1S/C29H37N3O4S/c1-19-25(17-21-10-6-3-7-11-21)31-29(32-27(19)34)37-18-26(33)22-12-14-23(15-13-22)36-28(35)24(30)16-20-8-4-2-5-9-20/h2,4-5,8-9,12-15,19,21,24-25,29,31H,3,6-7,10-11,16-18,30H2,1H3,(H,32,34). The van der Waals surface area contributed by atoms with Crippen LogP contribution >= 0.6 is 11.8 Å². The van der Waals surface area contributed by atoms with E-state index in [1.807, 2.05) is 37.3 Å². The van der Waals surface area contributed by atoms with Crippen LogP contribution in [0.2, 0.25) is 0 Å². The minimum Gasteiger partial charge on any atom is -0.425 e. The average Bonchev–Trinajstić information content (AvgIpc) is 2.91. The smallest absolute Gasteiger partial charge is 0.328 e. The Hall–Kier alpha value is -2.68. The highest BCUT2D eigenvalue weighted by atomic mass is 32.2. The van der Waals surface area contributed by atoms with Crippen LogP contribution in [0.15, 0.2) is 54.6 Å². The summed E-state index contributed by atoms with van der Waals surface area (Å²) in [6, 6.07) is 15.4. The molecule has 2 aromatic rings. The summed E-state index contributed by atoms with van der Waals surface area (Å²) in [4.78, 5) is 37.7. The normalized spacial score (nSPS) is 23.2. The van der Waals surface area contributed by atoms with E-state index in [0.717, 1.165) is 12.0 Å². The second-order valence-corrected chi connectivity index (χ2v) is 11.3. The van der Waals surface area contributed by atoms with E-state index < -0.39 is 12.0 Å². The molecule has 1 aliphatic heterocycles. The van der Waals surface area contributed by atoms with Crippen molar-refractivity contribution in [3.63, 3.8) is 0 Å². The molecule has 0 radical (unpaired) electrons. The molecule has 37 heavy (non-hydrogen) atoms. The highest BCUT2D eigenvalue weighted by Gasteiger charge is 2.34. The zero-order chi connectivity index (χ0) is 26.2. The van der Waals surface area contributed by atoms with Gasteiger partial charge in [-0.1, -0.05) is 69.4 Å². The number of hydrogen-bond donors (Lipinski definition) is 3. The number of nitrogens with two attached hydrogens (primary N) is 1. The molecule has 1 saturated heterocycles. The fourth-order valence-corrected chi connectivity index (χ4v) is 6.02.